The van der Waals surface area contributed by atoms with E-state index < -0.39 is 0 Å². The summed E-state index contributed by atoms with van der Waals surface area (Å²) < 4.78 is 1.80. The van der Waals surface area contributed by atoms with Crippen LogP contribution in [0.3, 0.4) is 0 Å². The van der Waals surface area contributed by atoms with Crippen LogP contribution >= 0.6 is 0 Å². The zero-order valence-electron chi connectivity index (χ0n) is 11.8. The Morgan fingerprint density at radius 2 is 2.21 bits per heavy atom. The van der Waals surface area contributed by atoms with Gasteiger partial charge in [-0.1, -0.05) is 0 Å². The van der Waals surface area contributed by atoms with E-state index in [-0.39, 0.29) is 5.91 Å². The Kier molecular flexibility index (Phi) is 4.93. The van der Waals surface area contributed by atoms with Gasteiger partial charge in [-0.15, -0.1) is 0 Å². The Hall–Kier alpha value is -1.40. The first-order valence-corrected chi connectivity index (χ1v) is 6.80. The van der Waals surface area contributed by atoms with Gasteiger partial charge in [0.2, 0.25) is 5.91 Å². The van der Waals surface area contributed by atoms with Crippen LogP contribution in [0.15, 0.2) is 12.4 Å². The van der Waals surface area contributed by atoms with Gasteiger partial charge in [-0.05, 0) is 7.05 Å². The van der Waals surface area contributed by atoms with Crippen molar-refractivity contribution >= 4 is 5.91 Å². The topological polar surface area (TPSA) is 53.4 Å². The quantitative estimate of drug-likeness (QED) is 0.792. The normalized spacial score (nSPS) is 16.1. The van der Waals surface area contributed by atoms with Gasteiger partial charge in [-0.25, -0.2) is 0 Å². The first-order chi connectivity index (χ1) is 9.15. The van der Waals surface area contributed by atoms with Crippen molar-refractivity contribution in [2.45, 2.75) is 13.0 Å². The van der Waals surface area contributed by atoms with Crippen LogP contribution in [0.1, 0.15) is 12.0 Å². The van der Waals surface area contributed by atoms with E-state index in [0.717, 1.165) is 39.3 Å². The molecule has 1 fully saturated rings. The molecular formula is C13H23N5O. The third kappa shape index (κ3) is 4.33. The first kappa shape index (κ1) is 14.0. The van der Waals surface area contributed by atoms with E-state index in [4.69, 9.17) is 0 Å². The van der Waals surface area contributed by atoms with Crippen molar-refractivity contribution in [2.24, 2.45) is 7.05 Å². The Labute approximate surface area is 114 Å². The molecule has 0 bridgehead atoms. The molecule has 0 spiro atoms. The zero-order chi connectivity index (χ0) is 13.7. The highest BCUT2D eigenvalue weighted by atomic mass is 16.2. The molecule has 0 aliphatic carbocycles. The van der Waals surface area contributed by atoms with E-state index >= 15 is 0 Å². The molecule has 1 aliphatic rings. The van der Waals surface area contributed by atoms with Crippen LogP contribution in [0.25, 0.3) is 0 Å². The molecule has 2 rings (SSSR count). The minimum absolute atomic E-state index is 0.263. The molecule has 1 saturated heterocycles. The Balaban J connectivity index is 1.70. The SMILES string of the molecule is CN(CCC(=O)N1CCNCC1)Cc1cnn(C)c1. The fourth-order valence-electron chi connectivity index (χ4n) is 2.30. The second kappa shape index (κ2) is 6.68. The van der Waals surface area contributed by atoms with Crippen LogP contribution in [0.4, 0.5) is 0 Å². The standard InChI is InChI=1S/C13H23N5O/c1-16(10-12-9-15-17(2)11-12)6-3-13(19)18-7-4-14-5-8-18/h9,11,14H,3-8,10H2,1-2H3. The maximum atomic E-state index is 12.0. The maximum absolute atomic E-state index is 12.0. The summed E-state index contributed by atoms with van der Waals surface area (Å²) in [4.78, 5) is 16.1. The van der Waals surface area contributed by atoms with Crippen molar-refractivity contribution in [3.05, 3.63) is 18.0 Å². The van der Waals surface area contributed by atoms with E-state index in [1.165, 1.54) is 5.56 Å². The van der Waals surface area contributed by atoms with Crippen molar-refractivity contribution in [2.75, 3.05) is 39.8 Å². The molecule has 1 aromatic heterocycles. The molecule has 6 heteroatoms. The van der Waals surface area contributed by atoms with Gasteiger partial charge in [-0.2, -0.15) is 5.10 Å². The van der Waals surface area contributed by atoms with Crippen LogP contribution in [0, 0.1) is 0 Å². The molecule has 106 valence electrons. The number of rotatable bonds is 5. The molecular weight excluding hydrogens is 242 g/mol. The second-order valence-corrected chi connectivity index (χ2v) is 5.14. The highest BCUT2D eigenvalue weighted by Gasteiger charge is 2.16. The Morgan fingerprint density at radius 3 is 2.84 bits per heavy atom. The Bertz CT molecular complexity index is 411. The third-order valence-electron chi connectivity index (χ3n) is 3.39. The van der Waals surface area contributed by atoms with E-state index in [1.807, 2.05) is 31.4 Å². The average molecular weight is 265 g/mol. The summed E-state index contributed by atoms with van der Waals surface area (Å²) in [5, 5.41) is 7.40. The average Bonchev–Trinajstić information content (AvgIpc) is 2.82. The highest BCUT2D eigenvalue weighted by Crippen LogP contribution is 2.03. The van der Waals surface area contributed by atoms with E-state index in [1.54, 1.807) is 4.68 Å². The van der Waals surface area contributed by atoms with Gasteiger partial charge in [0.25, 0.3) is 0 Å². The number of nitrogens with one attached hydrogen (secondary N) is 1. The Morgan fingerprint density at radius 1 is 1.47 bits per heavy atom. The number of hydrogen-bond donors (Lipinski definition) is 1. The molecule has 0 radical (unpaired) electrons. The summed E-state index contributed by atoms with van der Waals surface area (Å²) in [7, 11) is 3.95. The molecule has 0 saturated carbocycles. The number of carbonyl (C=O) groups is 1. The molecule has 0 aromatic carbocycles. The van der Waals surface area contributed by atoms with Crippen LogP contribution in [-0.2, 0) is 18.4 Å². The van der Waals surface area contributed by atoms with Crippen LogP contribution in [0.2, 0.25) is 0 Å². The third-order valence-corrected chi connectivity index (χ3v) is 3.39. The molecule has 0 atom stereocenters. The van der Waals surface area contributed by atoms with Gasteiger partial charge in [-0.3, -0.25) is 9.48 Å². The number of aryl methyl sites for hydroxylation is 1. The van der Waals surface area contributed by atoms with Crippen molar-refractivity contribution in [1.82, 2.24) is 24.9 Å². The minimum atomic E-state index is 0.263. The number of hydrogen-bond acceptors (Lipinski definition) is 4. The summed E-state index contributed by atoms with van der Waals surface area (Å²) in [5.74, 6) is 0.263. The summed E-state index contributed by atoms with van der Waals surface area (Å²) in [5.41, 5.74) is 1.18. The van der Waals surface area contributed by atoms with Crippen LogP contribution in [-0.4, -0.2) is 65.3 Å². The molecule has 1 aliphatic heterocycles. The van der Waals surface area contributed by atoms with Gasteiger partial charge in [0.1, 0.15) is 0 Å². The molecule has 0 unspecified atom stereocenters. The summed E-state index contributed by atoms with van der Waals surface area (Å²) in [6.07, 6.45) is 4.47. The summed E-state index contributed by atoms with van der Waals surface area (Å²) in [6, 6.07) is 0. The lowest BCUT2D eigenvalue weighted by Gasteiger charge is -2.28. The van der Waals surface area contributed by atoms with E-state index in [9.17, 15) is 4.79 Å². The lowest BCUT2D eigenvalue weighted by Crippen LogP contribution is -2.47. The van der Waals surface area contributed by atoms with Gasteiger partial charge in [0.05, 0.1) is 6.20 Å². The molecule has 19 heavy (non-hydrogen) atoms. The predicted molar refractivity (Wildman–Crippen MR) is 73.6 cm³/mol. The lowest BCUT2D eigenvalue weighted by molar-refractivity contribution is -0.132. The molecule has 1 amide bonds. The minimum Gasteiger partial charge on any atom is -0.340 e. The van der Waals surface area contributed by atoms with Gasteiger partial charge in [0.15, 0.2) is 0 Å². The number of nitrogens with zero attached hydrogens (tertiary/aromatic N) is 4. The van der Waals surface area contributed by atoms with E-state index in [2.05, 4.69) is 15.3 Å². The van der Waals surface area contributed by atoms with Crippen molar-refractivity contribution in [3.8, 4) is 0 Å². The monoisotopic (exact) mass is 265 g/mol. The smallest absolute Gasteiger partial charge is 0.223 e. The molecule has 1 aromatic rings. The fraction of sp³-hybridized carbons (Fsp3) is 0.692. The number of amides is 1. The molecule has 1 N–H and O–H groups in total. The fourth-order valence-corrected chi connectivity index (χ4v) is 2.30. The number of carbonyl (C=O) groups excluding carboxylic acids is 1. The first-order valence-electron chi connectivity index (χ1n) is 6.80. The number of piperazine rings is 1. The lowest BCUT2D eigenvalue weighted by atomic mass is 10.2. The maximum Gasteiger partial charge on any atom is 0.223 e. The summed E-state index contributed by atoms with van der Waals surface area (Å²) in [6.45, 7) is 5.13. The zero-order valence-corrected chi connectivity index (χ0v) is 11.8. The second-order valence-electron chi connectivity index (χ2n) is 5.14. The number of aromatic nitrogens is 2. The van der Waals surface area contributed by atoms with Crippen molar-refractivity contribution < 1.29 is 4.79 Å². The van der Waals surface area contributed by atoms with Gasteiger partial charge >= 0.3 is 0 Å². The largest absolute Gasteiger partial charge is 0.340 e. The summed E-state index contributed by atoms with van der Waals surface area (Å²) >= 11 is 0. The van der Waals surface area contributed by atoms with Gasteiger partial charge in [0, 0.05) is 64.5 Å². The van der Waals surface area contributed by atoms with Gasteiger partial charge < -0.3 is 15.1 Å². The molecule has 2 heterocycles. The predicted octanol–water partition coefficient (Wildman–Crippen LogP) is -0.326. The van der Waals surface area contributed by atoms with E-state index in [0.29, 0.717) is 6.42 Å². The van der Waals surface area contributed by atoms with Crippen LogP contribution < -0.4 is 5.32 Å². The molecule has 6 nitrogen and oxygen atoms in total. The van der Waals surface area contributed by atoms with Crippen molar-refractivity contribution in [1.29, 1.82) is 0 Å². The van der Waals surface area contributed by atoms with Crippen molar-refractivity contribution in [3.63, 3.8) is 0 Å². The highest BCUT2D eigenvalue weighted by molar-refractivity contribution is 5.76. The van der Waals surface area contributed by atoms with Crippen LogP contribution in [0.5, 0.6) is 0 Å².